The molecule has 4 nitrogen and oxygen atoms in total. The van der Waals surface area contributed by atoms with Crippen LogP contribution in [-0.2, 0) is 10.2 Å². The molecule has 1 rings (SSSR count). The van der Waals surface area contributed by atoms with Gasteiger partial charge < -0.3 is 0 Å². The molecule has 1 aromatic carbocycles. The second kappa shape index (κ2) is 5.14. The molecule has 0 spiro atoms. The smallest absolute Gasteiger partial charge is 0.270 e. The van der Waals surface area contributed by atoms with Crippen molar-refractivity contribution in [3.63, 3.8) is 0 Å². The Morgan fingerprint density at radius 2 is 1.88 bits per heavy atom. The van der Waals surface area contributed by atoms with Crippen molar-refractivity contribution in [2.45, 2.75) is 26.3 Å². The first-order valence-corrected chi connectivity index (χ1v) is 7.51. The van der Waals surface area contributed by atoms with Gasteiger partial charge in [-0.1, -0.05) is 11.6 Å². The highest BCUT2D eigenvalue weighted by Gasteiger charge is 2.20. The van der Waals surface area contributed by atoms with E-state index in [1.165, 1.54) is 6.07 Å². The zero-order chi connectivity index (χ0) is 13.3. The average Bonchev–Trinajstić information content (AvgIpc) is 2.06. The van der Waals surface area contributed by atoms with E-state index in [2.05, 4.69) is 25.4 Å². The molecule has 0 aliphatic heterocycles. The highest BCUT2D eigenvalue weighted by atomic mass is 79.9. The minimum absolute atomic E-state index is 0.397. The summed E-state index contributed by atoms with van der Waals surface area (Å²) in [6.45, 7) is 5.29. The Bertz CT molecular complexity index is 512. The minimum atomic E-state index is -3.62. The molecule has 17 heavy (non-hydrogen) atoms. The van der Waals surface area contributed by atoms with Gasteiger partial charge in [0.1, 0.15) is 0 Å². The first kappa shape index (κ1) is 14.8. The standard InChI is InChI=1S/C10H14BrClN2O2S/c1-10(2,3)14-17(15,16)13-9-6-7(12)4-5-8(9)11/h4-6,13-14H,1-3H3. The summed E-state index contributed by atoms with van der Waals surface area (Å²) < 4.78 is 29.1. The molecule has 0 aliphatic carbocycles. The molecule has 1 aromatic rings. The summed E-state index contributed by atoms with van der Waals surface area (Å²) in [6.07, 6.45) is 0. The normalized spacial score (nSPS) is 12.5. The molecule has 7 heteroatoms. The van der Waals surface area contributed by atoms with Crippen molar-refractivity contribution < 1.29 is 8.42 Å². The first-order valence-electron chi connectivity index (χ1n) is 4.86. The van der Waals surface area contributed by atoms with Crippen LogP contribution >= 0.6 is 27.5 Å². The predicted molar refractivity (Wildman–Crippen MR) is 74.6 cm³/mol. The Labute approximate surface area is 115 Å². The van der Waals surface area contributed by atoms with Crippen LogP contribution in [0.2, 0.25) is 5.02 Å². The number of anilines is 1. The van der Waals surface area contributed by atoms with E-state index in [4.69, 9.17) is 11.6 Å². The van der Waals surface area contributed by atoms with E-state index in [1.54, 1.807) is 32.9 Å². The Balaban J connectivity index is 2.94. The van der Waals surface area contributed by atoms with Gasteiger partial charge in [-0.3, -0.25) is 4.72 Å². The van der Waals surface area contributed by atoms with Crippen molar-refractivity contribution in [1.29, 1.82) is 0 Å². The number of nitrogens with one attached hydrogen (secondary N) is 2. The third-order valence-electron chi connectivity index (χ3n) is 1.61. The molecular formula is C10H14BrClN2O2S. The van der Waals surface area contributed by atoms with Crippen molar-refractivity contribution in [2.75, 3.05) is 4.72 Å². The molecule has 2 N–H and O–H groups in total. The Kier molecular flexibility index (Phi) is 4.46. The molecule has 0 saturated carbocycles. The molecule has 0 saturated heterocycles. The van der Waals surface area contributed by atoms with Crippen LogP contribution in [0.3, 0.4) is 0 Å². The van der Waals surface area contributed by atoms with E-state index in [-0.39, 0.29) is 0 Å². The molecule has 0 fully saturated rings. The fraction of sp³-hybridized carbons (Fsp3) is 0.400. The fourth-order valence-corrected chi connectivity index (χ4v) is 3.11. The third kappa shape index (κ3) is 5.25. The Hall–Kier alpha value is -0.300. The molecule has 96 valence electrons. The summed E-state index contributed by atoms with van der Waals surface area (Å²) in [4.78, 5) is 0. The lowest BCUT2D eigenvalue weighted by molar-refractivity contribution is 0.494. The summed E-state index contributed by atoms with van der Waals surface area (Å²) in [5.41, 5.74) is -0.147. The maximum absolute atomic E-state index is 11.8. The molecule has 0 bridgehead atoms. The summed E-state index contributed by atoms with van der Waals surface area (Å²) >= 11 is 9.05. The van der Waals surface area contributed by atoms with Crippen molar-refractivity contribution in [3.05, 3.63) is 27.7 Å². The van der Waals surface area contributed by atoms with Crippen LogP contribution in [-0.4, -0.2) is 14.0 Å². The maximum Gasteiger partial charge on any atom is 0.299 e. The lowest BCUT2D eigenvalue weighted by atomic mass is 10.1. The number of benzene rings is 1. The van der Waals surface area contributed by atoms with Gasteiger partial charge in [0.05, 0.1) is 5.69 Å². The van der Waals surface area contributed by atoms with E-state index >= 15 is 0 Å². The first-order chi connectivity index (χ1) is 7.59. The highest BCUT2D eigenvalue weighted by Crippen LogP contribution is 2.26. The van der Waals surface area contributed by atoms with Crippen LogP contribution in [0.1, 0.15) is 20.8 Å². The Morgan fingerprint density at radius 1 is 1.29 bits per heavy atom. The second-order valence-corrected chi connectivity index (χ2v) is 7.29. The highest BCUT2D eigenvalue weighted by molar-refractivity contribution is 9.10. The van der Waals surface area contributed by atoms with E-state index in [0.29, 0.717) is 15.2 Å². The van der Waals surface area contributed by atoms with Gasteiger partial charge in [-0.25, -0.2) is 0 Å². The third-order valence-corrected chi connectivity index (χ3v) is 3.91. The molecule has 0 atom stereocenters. The summed E-state index contributed by atoms with van der Waals surface area (Å²) in [5.74, 6) is 0. The number of halogens is 2. The minimum Gasteiger partial charge on any atom is -0.270 e. The average molecular weight is 342 g/mol. The lowest BCUT2D eigenvalue weighted by Gasteiger charge is -2.21. The summed E-state index contributed by atoms with van der Waals surface area (Å²) in [7, 11) is -3.62. The van der Waals surface area contributed by atoms with Crippen molar-refractivity contribution >= 4 is 43.4 Å². The van der Waals surface area contributed by atoms with Crippen LogP contribution in [0.4, 0.5) is 5.69 Å². The SMILES string of the molecule is CC(C)(C)NS(=O)(=O)Nc1cc(Cl)ccc1Br. The van der Waals surface area contributed by atoms with Crippen molar-refractivity contribution in [3.8, 4) is 0 Å². The van der Waals surface area contributed by atoms with E-state index in [0.717, 1.165) is 0 Å². The second-order valence-electron chi connectivity index (χ2n) is 4.58. The number of hydrogen-bond donors (Lipinski definition) is 2. The van der Waals surface area contributed by atoms with Gasteiger partial charge in [0.2, 0.25) is 0 Å². The van der Waals surface area contributed by atoms with Crippen molar-refractivity contribution in [1.82, 2.24) is 4.72 Å². The van der Waals surface area contributed by atoms with E-state index in [1.807, 2.05) is 0 Å². The van der Waals surface area contributed by atoms with Crippen LogP contribution in [0, 0.1) is 0 Å². The topological polar surface area (TPSA) is 58.2 Å². The Morgan fingerprint density at radius 3 is 2.41 bits per heavy atom. The van der Waals surface area contributed by atoms with Gasteiger partial charge in [-0.2, -0.15) is 13.1 Å². The van der Waals surface area contributed by atoms with Gasteiger partial charge in [-0.15, -0.1) is 0 Å². The molecule has 0 amide bonds. The van der Waals surface area contributed by atoms with E-state index in [9.17, 15) is 8.42 Å². The maximum atomic E-state index is 11.8. The van der Waals surface area contributed by atoms with Gasteiger partial charge in [0.25, 0.3) is 10.2 Å². The van der Waals surface area contributed by atoms with Crippen molar-refractivity contribution in [2.24, 2.45) is 0 Å². The summed E-state index contributed by atoms with van der Waals surface area (Å²) in [5, 5.41) is 0.460. The molecule has 0 aromatic heterocycles. The van der Waals surface area contributed by atoms with Gasteiger partial charge >= 0.3 is 0 Å². The summed E-state index contributed by atoms with van der Waals surface area (Å²) in [6, 6.07) is 4.88. The lowest BCUT2D eigenvalue weighted by Crippen LogP contribution is -2.43. The van der Waals surface area contributed by atoms with Gasteiger partial charge in [0, 0.05) is 15.0 Å². The van der Waals surface area contributed by atoms with Crippen LogP contribution in [0.15, 0.2) is 22.7 Å². The van der Waals surface area contributed by atoms with E-state index < -0.39 is 15.7 Å². The zero-order valence-corrected chi connectivity index (χ0v) is 12.9. The van der Waals surface area contributed by atoms with Crippen LogP contribution in [0.25, 0.3) is 0 Å². The van der Waals surface area contributed by atoms with Crippen LogP contribution in [0.5, 0.6) is 0 Å². The quantitative estimate of drug-likeness (QED) is 0.887. The number of rotatable bonds is 3. The predicted octanol–water partition coefficient (Wildman–Crippen LogP) is 3.15. The van der Waals surface area contributed by atoms with Crippen LogP contribution < -0.4 is 9.44 Å². The fourth-order valence-electron chi connectivity index (χ4n) is 1.15. The monoisotopic (exact) mass is 340 g/mol. The molecule has 0 aliphatic rings. The van der Waals surface area contributed by atoms with Gasteiger partial charge in [0.15, 0.2) is 0 Å². The molecular weight excluding hydrogens is 328 g/mol. The van der Waals surface area contributed by atoms with Gasteiger partial charge in [-0.05, 0) is 54.9 Å². The molecule has 0 radical (unpaired) electrons. The number of hydrogen-bond acceptors (Lipinski definition) is 2. The zero-order valence-electron chi connectivity index (χ0n) is 9.71. The largest absolute Gasteiger partial charge is 0.299 e. The molecule has 0 heterocycles. The molecule has 0 unspecified atom stereocenters.